The molecule has 1 N–H and O–H groups in total. The van der Waals surface area contributed by atoms with Gasteiger partial charge in [-0.1, -0.05) is 0 Å². The highest BCUT2D eigenvalue weighted by Gasteiger charge is 2.08. The third-order valence-corrected chi connectivity index (χ3v) is 1.72. The van der Waals surface area contributed by atoms with Crippen molar-refractivity contribution in [1.82, 2.24) is 5.32 Å². The van der Waals surface area contributed by atoms with Gasteiger partial charge < -0.3 is 14.8 Å². The molecule has 0 fully saturated rings. The fourth-order valence-corrected chi connectivity index (χ4v) is 0.970. The van der Waals surface area contributed by atoms with E-state index in [1.165, 1.54) is 0 Å². The van der Waals surface area contributed by atoms with Crippen molar-refractivity contribution in [2.24, 2.45) is 0 Å². The Hall–Kier alpha value is -0.320. The van der Waals surface area contributed by atoms with Crippen molar-refractivity contribution < 1.29 is 14.3 Å². The zero-order valence-corrected chi connectivity index (χ0v) is 8.76. The van der Waals surface area contributed by atoms with Crippen LogP contribution in [0, 0.1) is 0 Å². The van der Waals surface area contributed by atoms with Crippen LogP contribution in [0.4, 0.5) is 0 Å². The van der Waals surface area contributed by atoms with Crippen molar-refractivity contribution in [3.8, 4) is 0 Å². The summed E-state index contributed by atoms with van der Waals surface area (Å²) in [5.41, 5.74) is 0. The molecule has 0 spiro atoms. The quantitative estimate of drug-likeness (QED) is 0.618. The fourth-order valence-electron chi connectivity index (χ4n) is 0.798. The number of halogens is 1. The number of rotatable bonds is 7. The van der Waals surface area contributed by atoms with E-state index in [0.29, 0.717) is 25.5 Å². The Morgan fingerprint density at radius 3 is 2.69 bits per heavy atom. The number of amides is 1. The van der Waals surface area contributed by atoms with Crippen molar-refractivity contribution >= 4 is 17.5 Å². The molecule has 4 nitrogen and oxygen atoms in total. The number of nitrogens with one attached hydrogen (secondary N) is 1. The maximum absolute atomic E-state index is 11.0. The van der Waals surface area contributed by atoms with E-state index >= 15 is 0 Å². The molecule has 0 aliphatic heterocycles. The number of carbonyl (C=O) groups excluding carboxylic acids is 1. The molecule has 5 heteroatoms. The van der Waals surface area contributed by atoms with Gasteiger partial charge in [-0.2, -0.15) is 0 Å². The van der Waals surface area contributed by atoms with Gasteiger partial charge in [0.1, 0.15) is 0 Å². The number of methoxy groups -OCH3 is 2. The van der Waals surface area contributed by atoms with Crippen molar-refractivity contribution in [1.29, 1.82) is 0 Å². The molecule has 0 rings (SSSR count). The first-order valence-corrected chi connectivity index (χ1v) is 4.62. The smallest absolute Gasteiger partial charge is 0.221 e. The summed E-state index contributed by atoms with van der Waals surface area (Å²) in [5.74, 6) is 0.279. The SMILES string of the molecule is COCC(CNC(=O)CCCl)OC. The zero-order valence-electron chi connectivity index (χ0n) is 8.01. The lowest BCUT2D eigenvalue weighted by atomic mass is 10.3. The Morgan fingerprint density at radius 2 is 2.23 bits per heavy atom. The molecule has 0 bridgehead atoms. The molecule has 13 heavy (non-hydrogen) atoms. The lowest BCUT2D eigenvalue weighted by Crippen LogP contribution is -2.35. The average molecular weight is 210 g/mol. The van der Waals surface area contributed by atoms with E-state index in [1.54, 1.807) is 14.2 Å². The summed E-state index contributed by atoms with van der Waals surface area (Å²) in [4.78, 5) is 11.0. The van der Waals surface area contributed by atoms with E-state index in [9.17, 15) is 4.79 Å². The van der Waals surface area contributed by atoms with Crippen molar-refractivity contribution in [2.45, 2.75) is 12.5 Å². The van der Waals surface area contributed by atoms with Gasteiger partial charge in [0.15, 0.2) is 0 Å². The third-order valence-electron chi connectivity index (χ3n) is 1.53. The molecule has 1 unspecified atom stereocenters. The Balaban J connectivity index is 3.52. The molecule has 0 aliphatic carbocycles. The summed E-state index contributed by atoms with van der Waals surface area (Å²) in [6, 6.07) is 0. The molecule has 0 aromatic rings. The highest BCUT2D eigenvalue weighted by Crippen LogP contribution is 1.90. The van der Waals surface area contributed by atoms with Gasteiger partial charge in [0.05, 0.1) is 12.7 Å². The van der Waals surface area contributed by atoms with Gasteiger partial charge in [0, 0.05) is 33.1 Å². The molecular weight excluding hydrogens is 194 g/mol. The Bertz CT molecular complexity index is 143. The average Bonchev–Trinajstić information content (AvgIpc) is 2.12. The van der Waals surface area contributed by atoms with Crippen LogP contribution in [0.25, 0.3) is 0 Å². The first kappa shape index (κ1) is 12.7. The van der Waals surface area contributed by atoms with Crippen LogP contribution in [-0.2, 0) is 14.3 Å². The highest BCUT2D eigenvalue weighted by molar-refractivity contribution is 6.18. The summed E-state index contributed by atoms with van der Waals surface area (Å²) in [6.07, 6.45) is 0.245. The van der Waals surface area contributed by atoms with Crippen LogP contribution in [0.15, 0.2) is 0 Å². The van der Waals surface area contributed by atoms with E-state index in [-0.39, 0.29) is 12.0 Å². The molecule has 1 atom stereocenters. The first-order valence-electron chi connectivity index (χ1n) is 4.09. The van der Waals surface area contributed by atoms with Crippen LogP contribution < -0.4 is 5.32 Å². The van der Waals surface area contributed by atoms with Crippen molar-refractivity contribution in [2.75, 3.05) is 33.3 Å². The van der Waals surface area contributed by atoms with Gasteiger partial charge >= 0.3 is 0 Å². The number of alkyl halides is 1. The van der Waals surface area contributed by atoms with Crippen LogP contribution in [0.2, 0.25) is 0 Å². The number of carbonyl (C=O) groups is 1. The van der Waals surface area contributed by atoms with Crippen LogP contribution in [0.5, 0.6) is 0 Å². The van der Waals surface area contributed by atoms with E-state index < -0.39 is 0 Å². The van der Waals surface area contributed by atoms with E-state index in [4.69, 9.17) is 21.1 Å². The monoisotopic (exact) mass is 209 g/mol. The lowest BCUT2D eigenvalue weighted by Gasteiger charge is -2.14. The molecule has 78 valence electrons. The normalized spacial score (nSPS) is 12.5. The van der Waals surface area contributed by atoms with Crippen molar-refractivity contribution in [3.63, 3.8) is 0 Å². The fraction of sp³-hybridized carbons (Fsp3) is 0.875. The third kappa shape index (κ3) is 6.81. The first-order chi connectivity index (χ1) is 6.24. The molecule has 0 aromatic carbocycles. The standard InChI is InChI=1S/C8H16ClNO3/c1-12-6-7(13-2)5-10-8(11)3-4-9/h7H,3-6H2,1-2H3,(H,10,11). The van der Waals surface area contributed by atoms with Gasteiger partial charge in [-0.05, 0) is 0 Å². The minimum absolute atomic E-state index is 0.0619. The maximum atomic E-state index is 11.0. The maximum Gasteiger partial charge on any atom is 0.221 e. The van der Waals surface area contributed by atoms with E-state index in [0.717, 1.165) is 0 Å². The van der Waals surface area contributed by atoms with E-state index in [1.807, 2.05) is 0 Å². The molecule has 0 aromatic heterocycles. The topological polar surface area (TPSA) is 47.6 Å². The second-order valence-electron chi connectivity index (χ2n) is 2.56. The lowest BCUT2D eigenvalue weighted by molar-refractivity contribution is -0.121. The molecular formula is C8H16ClNO3. The molecule has 0 aliphatic rings. The Labute approximate surface area is 83.5 Å². The van der Waals surface area contributed by atoms with Crippen LogP contribution >= 0.6 is 11.6 Å². The summed E-state index contributed by atoms with van der Waals surface area (Å²) < 4.78 is 9.93. The zero-order chi connectivity index (χ0) is 10.1. The summed E-state index contributed by atoms with van der Waals surface area (Å²) in [5, 5.41) is 2.69. The van der Waals surface area contributed by atoms with Gasteiger partial charge in [-0.3, -0.25) is 4.79 Å². The minimum Gasteiger partial charge on any atom is -0.382 e. The minimum atomic E-state index is -0.0933. The summed E-state index contributed by atoms with van der Waals surface area (Å²) in [6.45, 7) is 0.928. The molecule has 1 amide bonds. The van der Waals surface area contributed by atoms with E-state index in [2.05, 4.69) is 5.32 Å². The molecule has 0 heterocycles. The highest BCUT2D eigenvalue weighted by atomic mass is 35.5. The van der Waals surface area contributed by atoms with Gasteiger partial charge in [-0.25, -0.2) is 0 Å². The van der Waals surface area contributed by atoms with Crippen molar-refractivity contribution in [3.05, 3.63) is 0 Å². The van der Waals surface area contributed by atoms with Gasteiger partial charge in [0.25, 0.3) is 0 Å². The van der Waals surface area contributed by atoms with Crippen LogP contribution in [0.3, 0.4) is 0 Å². The number of ether oxygens (including phenoxy) is 2. The predicted octanol–water partition coefficient (Wildman–Crippen LogP) is 0.393. The second-order valence-corrected chi connectivity index (χ2v) is 2.93. The molecule has 0 radical (unpaired) electrons. The van der Waals surface area contributed by atoms with Gasteiger partial charge in [-0.15, -0.1) is 11.6 Å². The van der Waals surface area contributed by atoms with Gasteiger partial charge in [0.2, 0.25) is 5.91 Å². The number of hydrogen-bond donors (Lipinski definition) is 1. The number of hydrogen-bond acceptors (Lipinski definition) is 3. The summed E-state index contributed by atoms with van der Waals surface area (Å²) in [7, 11) is 3.17. The Kier molecular flexibility index (Phi) is 8.08. The second kappa shape index (κ2) is 8.29. The molecule has 0 saturated heterocycles. The summed E-state index contributed by atoms with van der Waals surface area (Å²) >= 11 is 5.39. The molecule has 0 saturated carbocycles. The largest absolute Gasteiger partial charge is 0.382 e. The van der Waals surface area contributed by atoms with Crippen LogP contribution in [-0.4, -0.2) is 45.3 Å². The van der Waals surface area contributed by atoms with Crippen LogP contribution in [0.1, 0.15) is 6.42 Å². The predicted molar refractivity (Wildman–Crippen MR) is 51.0 cm³/mol. The Morgan fingerprint density at radius 1 is 1.54 bits per heavy atom.